The lowest BCUT2D eigenvalue weighted by Crippen LogP contribution is -2.40. The normalized spacial score (nSPS) is 12.6. The zero-order valence-electron chi connectivity index (χ0n) is 44.8. The van der Waals surface area contributed by atoms with E-state index in [4.69, 9.17) is 27.2 Å². The molecule has 0 saturated heterocycles. The monoisotopic (exact) mass is 1070 g/mol. The molecule has 0 unspecified atom stereocenters. The highest BCUT2D eigenvalue weighted by atomic mass is 16.2. The van der Waals surface area contributed by atoms with Crippen LogP contribution in [-0.4, -0.2) is 56.3 Å². The number of hydrogen-bond acceptors (Lipinski definition) is 10. The van der Waals surface area contributed by atoms with Crippen LogP contribution in [0.4, 0.5) is 28.4 Å². The zero-order chi connectivity index (χ0) is 55.8. The predicted molar refractivity (Wildman–Crippen MR) is 337 cm³/mol. The van der Waals surface area contributed by atoms with Gasteiger partial charge in [-0.2, -0.15) is 0 Å². The van der Waals surface area contributed by atoms with Gasteiger partial charge in [0.1, 0.15) is 0 Å². The van der Waals surface area contributed by atoms with Gasteiger partial charge in [0.25, 0.3) is 11.8 Å². The van der Waals surface area contributed by atoms with E-state index in [1.165, 1.54) is 10.5 Å². The molecule has 0 fully saturated rings. The number of rotatable bonds is 15. The van der Waals surface area contributed by atoms with Gasteiger partial charge in [-0.25, -0.2) is 9.97 Å². The van der Waals surface area contributed by atoms with Crippen LogP contribution in [0.5, 0.6) is 0 Å². The molecule has 400 valence electrons. The van der Waals surface area contributed by atoms with Crippen molar-refractivity contribution in [1.29, 1.82) is 0 Å². The highest BCUT2D eigenvalue weighted by Gasteiger charge is 2.32. The molecule has 11 N–H and O–H groups in total. The number of carbonyl (C=O) groups is 2. The maximum Gasteiger partial charge on any atom is 0.261 e. The number of nitrogen functional groups attached to an aromatic ring is 3. The van der Waals surface area contributed by atoms with Gasteiger partial charge in [0.2, 0.25) is 0 Å². The van der Waals surface area contributed by atoms with Crippen molar-refractivity contribution in [2.45, 2.75) is 13.1 Å². The highest BCUT2D eigenvalue weighted by molar-refractivity contribution is 6.27. The van der Waals surface area contributed by atoms with E-state index in [9.17, 15) is 9.59 Å². The number of amides is 2. The molecule has 3 aromatic heterocycles. The molecule has 2 amide bonds. The molecular weight excluding hydrogens is 1010 g/mol. The number of aromatic nitrogens is 4. The Kier molecular flexibility index (Phi) is 13.3. The van der Waals surface area contributed by atoms with Crippen molar-refractivity contribution in [3.63, 3.8) is 0 Å². The predicted octanol–water partition coefficient (Wildman–Crippen LogP) is 13.8. The van der Waals surface area contributed by atoms with Crippen LogP contribution in [0.1, 0.15) is 54.6 Å². The minimum absolute atomic E-state index is 0.172. The molecule has 6 heterocycles. The summed E-state index contributed by atoms with van der Waals surface area (Å²) in [7, 11) is 0. The molecule has 13 rings (SSSR count). The maximum absolute atomic E-state index is 13.2. The number of nitrogens with two attached hydrogens (primary N) is 3. The summed E-state index contributed by atoms with van der Waals surface area (Å²) < 4.78 is 0. The van der Waals surface area contributed by atoms with Crippen molar-refractivity contribution in [1.82, 2.24) is 30.2 Å². The fourth-order valence-corrected chi connectivity index (χ4v) is 11.2. The van der Waals surface area contributed by atoms with E-state index in [1.807, 2.05) is 91.0 Å². The third kappa shape index (κ3) is 9.71. The summed E-state index contributed by atoms with van der Waals surface area (Å²) in [6, 6.07) is 58.7. The Morgan fingerprint density at radius 3 is 1.34 bits per heavy atom. The third-order valence-electron chi connectivity index (χ3n) is 15.3. The Hall–Kier alpha value is -10.8. The van der Waals surface area contributed by atoms with E-state index < -0.39 is 0 Å². The number of benzene rings is 7. The molecule has 10 aromatic rings. The molecule has 7 aromatic carbocycles. The SMILES string of the molecule is C=CCN1C(=O)c2cccc3c(NCCNCc4ccc(CNc5ccc(-c6c7nc(c(-c8ccc(N)cc8)c8ccc([nH]8)c(-c8ccc(N)cc8)c8nc(c(-c9ccc(N)cc9)c9ccc6[nH]9)C=C8)C=C7)cc5)cc4)ccc(c23)C1=O. The van der Waals surface area contributed by atoms with Gasteiger partial charge < -0.3 is 43.1 Å². The number of fused-ring (bicyclic) bond motifs is 8. The molecule has 0 atom stereocenters. The molecule has 13 nitrogen and oxygen atoms in total. The van der Waals surface area contributed by atoms with Crippen LogP contribution in [0, 0.1) is 0 Å². The lowest BCUT2D eigenvalue weighted by Gasteiger charge is -2.27. The van der Waals surface area contributed by atoms with Gasteiger partial charge in [-0.3, -0.25) is 14.5 Å². The molecule has 0 aliphatic carbocycles. The Labute approximate surface area is 473 Å². The fraction of sp³-hybridized carbons (Fsp3) is 0.0725. The first-order valence-corrected chi connectivity index (χ1v) is 27.3. The van der Waals surface area contributed by atoms with Crippen molar-refractivity contribution < 1.29 is 9.59 Å². The number of nitrogens with one attached hydrogen (secondary N) is 5. The Morgan fingerprint density at radius 1 is 0.463 bits per heavy atom. The van der Waals surface area contributed by atoms with Crippen molar-refractivity contribution in [3.05, 3.63) is 234 Å². The van der Waals surface area contributed by atoms with E-state index in [2.05, 4.69) is 130 Å². The summed E-state index contributed by atoms with van der Waals surface area (Å²) >= 11 is 0. The molecule has 0 saturated carbocycles. The molecule has 0 spiro atoms. The molecule has 3 aliphatic heterocycles. The Morgan fingerprint density at radius 2 is 0.890 bits per heavy atom. The van der Waals surface area contributed by atoms with E-state index in [1.54, 1.807) is 18.2 Å². The molecule has 8 bridgehead atoms. The second-order valence-corrected chi connectivity index (χ2v) is 20.6. The standard InChI is InChI=1S/C69H57N11O2/c1-2-38-80-68(81)52-5-3-4-51-54(27-26-53(67(51)52)69(80)82)74-37-36-73-39-41-6-8-42(9-7-41)40-75-50-24-16-46(17-25-50)66-61-34-32-59(78-61)64(44-12-20-48(71)21-13-44)57-30-28-55(76-57)63(43-10-18-47(70)19-11-43)56-29-31-58(77-56)65(60-33-35-62(66)79-60)45-14-22-49(72)23-15-45/h2-35,73-76,79H,1,36-40,70-72H2. The average Bonchev–Trinajstić information content (AvgIpc) is 3.74. The lowest BCUT2D eigenvalue weighted by atomic mass is 9.93. The lowest BCUT2D eigenvalue weighted by molar-refractivity contribution is 0.0629. The maximum atomic E-state index is 13.2. The van der Waals surface area contributed by atoms with Crippen LogP contribution < -0.4 is 33.2 Å². The van der Waals surface area contributed by atoms with E-state index >= 15 is 0 Å². The molecule has 0 radical (unpaired) electrons. The smallest absolute Gasteiger partial charge is 0.261 e. The number of aromatic amines is 2. The topological polar surface area (TPSA) is 209 Å². The molecule has 13 heteroatoms. The number of imide groups is 1. The zero-order valence-corrected chi connectivity index (χ0v) is 44.8. The number of nitrogens with zero attached hydrogens (tertiary/aromatic N) is 3. The van der Waals surface area contributed by atoms with Gasteiger partial charge in [-0.05, 0) is 149 Å². The van der Waals surface area contributed by atoms with Gasteiger partial charge in [0, 0.05) is 127 Å². The van der Waals surface area contributed by atoms with E-state index in [0.29, 0.717) is 59.8 Å². The van der Waals surface area contributed by atoms with Crippen LogP contribution >= 0.6 is 0 Å². The quantitative estimate of drug-likeness (QED) is 0.0211. The minimum Gasteiger partial charge on any atom is -0.399 e. The van der Waals surface area contributed by atoms with Crippen LogP contribution in [0.3, 0.4) is 0 Å². The van der Waals surface area contributed by atoms with Crippen molar-refractivity contribution >= 4 is 97.4 Å². The van der Waals surface area contributed by atoms with Crippen molar-refractivity contribution in [3.8, 4) is 44.5 Å². The summed E-state index contributed by atoms with van der Waals surface area (Å²) in [5, 5.41) is 12.2. The van der Waals surface area contributed by atoms with Gasteiger partial charge in [0.05, 0.1) is 22.8 Å². The Bertz CT molecular complexity index is 4340. The van der Waals surface area contributed by atoms with Crippen LogP contribution in [0.15, 0.2) is 189 Å². The van der Waals surface area contributed by atoms with Crippen LogP contribution in [0.25, 0.3) is 102 Å². The van der Waals surface area contributed by atoms with E-state index in [0.717, 1.165) is 112 Å². The second kappa shape index (κ2) is 21.5. The number of anilines is 5. The third-order valence-corrected chi connectivity index (χ3v) is 15.3. The van der Waals surface area contributed by atoms with E-state index in [-0.39, 0.29) is 18.4 Å². The summed E-state index contributed by atoms with van der Waals surface area (Å²) in [5.41, 5.74) is 40.4. The van der Waals surface area contributed by atoms with Crippen molar-refractivity contribution in [2.75, 3.05) is 47.5 Å². The first kappa shape index (κ1) is 50.7. The summed E-state index contributed by atoms with van der Waals surface area (Å²) in [6.45, 7) is 6.60. The van der Waals surface area contributed by atoms with Gasteiger partial charge in [-0.15, -0.1) is 6.58 Å². The Balaban J connectivity index is 0.780. The summed E-state index contributed by atoms with van der Waals surface area (Å²) in [6.07, 6.45) is 9.91. The number of hydrogen-bond donors (Lipinski definition) is 8. The van der Waals surface area contributed by atoms with Crippen LogP contribution in [0.2, 0.25) is 0 Å². The summed E-state index contributed by atoms with van der Waals surface area (Å²) in [4.78, 5) is 46.1. The molecular formula is C69H57N11O2. The summed E-state index contributed by atoms with van der Waals surface area (Å²) in [5.74, 6) is -0.594. The second-order valence-electron chi connectivity index (χ2n) is 20.6. The largest absolute Gasteiger partial charge is 0.399 e. The highest BCUT2D eigenvalue weighted by Crippen LogP contribution is 2.40. The van der Waals surface area contributed by atoms with Gasteiger partial charge in [-0.1, -0.05) is 91.0 Å². The first-order chi connectivity index (χ1) is 40.1. The molecule has 82 heavy (non-hydrogen) atoms. The fourth-order valence-electron chi connectivity index (χ4n) is 11.2. The number of carbonyl (C=O) groups excluding carboxylic acids is 2. The number of H-pyrrole nitrogens is 2. The minimum atomic E-state index is -0.297. The first-order valence-electron chi connectivity index (χ1n) is 27.3. The van der Waals surface area contributed by atoms with Crippen LogP contribution in [-0.2, 0) is 13.1 Å². The molecule has 3 aliphatic rings. The average molecular weight is 1070 g/mol. The van der Waals surface area contributed by atoms with Gasteiger partial charge >= 0.3 is 0 Å². The van der Waals surface area contributed by atoms with Crippen molar-refractivity contribution in [2.24, 2.45) is 0 Å². The van der Waals surface area contributed by atoms with Gasteiger partial charge in [0.15, 0.2) is 0 Å².